The van der Waals surface area contributed by atoms with E-state index in [0.717, 1.165) is 25.9 Å². The van der Waals surface area contributed by atoms with Crippen LogP contribution < -0.4 is 5.43 Å². The Bertz CT molecular complexity index is 926. The molecule has 0 saturated carbocycles. The fourth-order valence-corrected chi connectivity index (χ4v) is 3.36. The summed E-state index contributed by atoms with van der Waals surface area (Å²) in [5, 5.41) is 16.0. The minimum absolute atomic E-state index is 0.254. The van der Waals surface area contributed by atoms with E-state index < -0.39 is 0 Å². The minimum Gasteiger partial charge on any atom is -0.277 e. The number of hydrogen-bond acceptors (Lipinski definition) is 5. The van der Waals surface area contributed by atoms with E-state index in [2.05, 4.69) is 53.4 Å². The number of hydrazone groups is 1. The van der Waals surface area contributed by atoms with Gasteiger partial charge in [0.1, 0.15) is 6.07 Å². The Labute approximate surface area is 160 Å². The van der Waals surface area contributed by atoms with Gasteiger partial charge in [-0.15, -0.1) is 11.3 Å². The summed E-state index contributed by atoms with van der Waals surface area (Å²) in [5.41, 5.74) is 5.75. The van der Waals surface area contributed by atoms with Crippen LogP contribution in [0.25, 0.3) is 11.3 Å². The Morgan fingerprint density at radius 3 is 2.62 bits per heavy atom. The first-order chi connectivity index (χ1) is 11.7. The van der Waals surface area contributed by atoms with Gasteiger partial charge in [-0.05, 0) is 36.4 Å². The number of nitrogens with one attached hydrogen (secondary N) is 1. The van der Waals surface area contributed by atoms with E-state index in [0.29, 0.717) is 5.01 Å². The van der Waals surface area contributed by atoms with Crippen molar-refractivity contribution in [2.45, 2.75) is 0 Å². The van der Waals surface area contributed by atoms with Gasteiger partial charge in [0.05, 0.1) is 11.4 Å². The fourth-order valence-electron chi connectivity index (χ4n) is 1.93. The molecule has 4 nitrogen and oxygen atoms in total. The molecule has 0 aliphatic heterocycles. The van der Waals surface area contributed by atoms with Crippen molar-refractivity contribution < 1.29 is 0 Å². The highest BCUT2D eigenvalue weighted by atomic mass is 79.9. The maximum atomic E-state index is 9.36. The summed E-state index contributed by atoms with van der Waals surface area (Å²) < 4.78 is 1.97. The van der Waals surface area contributed by atoms with Crippen molar-refractivity contribution in [1.29, 1.82) is 5.26 Å². The molecular weight excluding hydrogens is 452 g/mol. The van der Waals surface area contributed by atoms with Crippen LogP contribution in [0.3, 0.4) is 0 Å². The third-order valence-corrected chi connectivity index (χ3v) is 4.94. The Hall–Kier alpha value is -2.01. The predicted molar refractivity (Wildman–Crippen MR) is 105 cm³/mol. The first-order valence-electron chi connectivity index (χ1n) is 6.87. The molecule has 0 bridgehead atoms. The Kier molecular flexibility index (Phi) is 5.41. The maximum absolute atomic E-state index is 9.36. The summed E-state index contributed by atoms with van der Waals surface area (Å²) in [6.45, 7) is 0. The van der Waals surface area contributed by atoms with Gasteiger partial charge < -0.3 is 0 Å². The molecule has 1 heterocycles. The second-order valence-corrected chi connectivity index (χ2v) is 7.43. The summed E-state index contributed by atoms with van der Waals surface area (Å²) in [6.07, 6.45) is 0. The van der Waals surface area contributed by atoms with Gasteiger partial charge in [0.2, 0.25) is 0 Å². The van der Waals surface area contributed by atoms with Crippen LogP contribution in [0.2, 0.25) is 0 Å². The summed E-state index contributed by atoms with van der Waals surface area (Å²) in [4.78, 5) is 4.52. The molecule has 7 heteroatoms. The fraction of sp³-hybridized carbons (Fsp3) is 0. The van der Waals surface area contributed by atoms with Gasteiger partial charge in [-0.25, -0.2) is 4.98 Å². The highest BCUT2D eigenvalue weighted by Gasteiger charge is 2.10. The van der Waals surface area contributed by atoms with Crippen molar-refractivity contribution in [2.24, 2.45) is 5.10 Å². The van der Waals surface area contributed by atoms with E-state index in [1.165, 1.54) is 11.3 Å². The SMILES string of the molecule is N#CC(=NNc1ccc(Br)cc1)c1nc(-c2cccc(Br)c2)cs1. The number of thiazole rings is 1. The topological polar surface area (TPSA) is 61.1 Å². The highest BCUT2D eigenvalue weighted by molar-refractivity contribution is 9.10. The largest absolute Gasteiger partial charge is 0.277 e. The number of anilines is 1. The monoisotopic (exact) mass is 460 g/mol. The Morgan fingerprint density at radius 1 is 1.12 bits per heavy atom. The van der Waals surface area contributed by atoms with Gasteiger partial charge in [-0.2, -0.15) is 10.4 Å². The normalized spacial score (nSPS) is 11.1. The zero-order valence-corrected chi connectivity index (χ0v) is 16.2. The molecule has 24 heavy (non-hydrogen) atoms. The first-order valence-corrected chi connectivity index (χ1v) is 9.33. The standard InChI is InChI=1S/C17H10Br2N4S/c18-12-4-6-14(7-5-12)22-23-15(9-20)17-21-16(10-24-17)11-2-1-3-13(19)8-11/h1-8,10,22H. The quantitative estimate of drug-likeness (QED) is 0.401. The van der Waals surface area contributed by atoms with Crippen molar-refractivity contribution in [1.82, 2.24) is 4.98 Å². The van der Waals surface area contributed by atoms with E-state index in [1.54, 1.807) is 0 Å². The number of aromatic nitrogens is 1. The molecule has 0 spiro atoms. The van der Waals surface area contributed by atoms with Crippen molar-refractivity contribution in [2.75, 3.05) is 5.43 Å². The van der Waals surface area contributed by atoms with E-state index >= 15 is 0 Å². The molecule has 0 aliphatic carbocycles. The Morgan fingerprint density at radius 2 is 1.92 bits per heavy atom. The lowest BCUT2D eigenvalue weighted by Crippen LogP contribution is -2.01. The van der Waals surface area contributed by atoms with Crippen LogP contribution in [0.5, 0.6) is 0 Å². The van der Waals surface area contributed by atoms with Crippen molar-refractivity contribution in [3.63, 3.8) is 0 Å². The molecule has 0 aliphatic rings. The molecule has 0 amide bonds. The average Bonchev–Trinajstić information content (AvgIpc) is 3.07. The van der Waals surface area contributed by atoms with Crippen molar-refractivity contribution >= 4 is 54.6 Å². The van der Waals surface area contributed by atoms with E-state index in [1.807, 2.05) is 53.9 Å². The molecule has 0 atom stereocenters. The average molecular weight is 462 g/mol. The molecule has 118 valence electrons. The van der Waals surface area contributed by atoms with E-state index in [4.69, 9.17) is 0 Å². The smallest absolute Gasteiger partial charge is 0.196 e. The second kappa shape index (κ2) is 7.71. The lowest BCUT2D eigenvalue weighted by molar-refractivity contribution is 1.31. The number of nitriles is 1. The van der Waals surface area contributed by atoms with Crippen LogP contribution in [0.4, 0.5) is 5.69 Å². The van der Waals surface area contributed by atoms with Gasteiger partial charge in [-0.3, -0.25) is 5.43 Å². The Balaban J connectivity index is 1.83. The number of benzene rings is 2. The molecule has 0 saturated heterocycles. The third kappa shape index (κ3) is 4.09. The van der Waals surface area contributed by atoms with E-state index in [9.17, 15) is 5.26 Å². The van der Waals surface area contributed by atoms with Gasteiger partial charge in [0.15, 0.2) is 10.7 Å². The summed E-state index contributed by atoms with van der Waals surface area (Å²) in [5.74, 6) is 0. The van der Waals surface area contributed by atoms with Gasteiger partial charge in [0, 0.05) is 19.9 Å². The zero-order valence-electron chi connectivity index (χ0n) is 12.2. The number of hydrogen-bond donors (Lipinski definition) is 1. The maximum Gasteiger partial charge on any atom is 0.196 e. The molecule has 2 aromatic carbocycles. The first kappa shape index (κ1) is 16.8. The zero-order chi connectivity index (χ0) is 16.9. The molecule has 0 fully saturated rings. The van der Waals surface area contributed by atoms with Crippen molar-refractivity contribution in [3.8, 4) is 17.3 Å². The number of nitrogens with zero attached hydrogens (tertiary/aromatic N) is 3. The molecule has 1 N–H and O–H groups in total. The number of rotatable bonds is 4. The lowest BCUT2D eigenvalue weighted by atomic mass is 10.2. The molecule has 0 unspecified atom stereocenters. The van der Waals surface area contributed by atoms with E-state index in [-0.39, 0.29) is 5.71 Å². The molecule has 3 rings (SSSR count). The predicted octanol–water partition coefficient (Wildman–Crippen LogP) is 5.67. The minimum atomic E-state index is 0.254. The number of halogens is 2. The van der Waals surface area contributed by atoms with Gasteiger partial charge >= 0.3 is 0 Å². The van der Waals surface area contributed by atoms with Crippen LogP contribution in [-0.2, 0) is 0 Å². The summed E-state index contributed by atoms with van der Waals surface area (Å²) >= 11 is 8.22. The van der Waals surface area contributed by atoms with Gasteiger partial charge in [-0.1, -0.05) is 44.0 Å². The second-order valence-electron chi connectivity index (χ2n) is 4.74. The molecular formula is C17H10Br2N4S. The molecule has 1 aromatic heterocycles. The van der Waals surface area contributed by atoms with Crippen molar-refractivity contribution in [3.05, 3.63) is 67.9 Å². The van der Waals surface area contributed by atoms with Crippen LogP contribution >= 0.6 is 43.2 Å². The highest BCUT2D eigenvalue weighted by Crippen LogP contribution is 2.25. The molecule has 3 aromatic rings. The van der Waals surface area contributed by atoms with Crippen LogP contribution in [-0.4, -0.2) is 10.7 Å². The lowest BCUT2D eigenvalue weighted by Gasteiger charge is -2.00. The summed E-state index contributed by atoms with van der Waals surface area (Å²) in [7, 11) is 0. The molecule has 0 radical (unpaired) electrons. The van der Waals surface area contributed by atoms with Crippen LogP contribution in [0, 0.1) is 11.3 Å². The van der Waals surface area contributed by atoms with Crippen LogP contribution in [0.15, 0.2) is 68.0 Å². The summed E-state index contributed by atoms with van der Waals surface area (Å²) in [6, 6.07) is 17.5. The third-order valence-electron chi connectivity index (χ3n) is 3.07. The van der Waals surface area contributed by atoms with Crippen LogP contribution in [0.1, 0.15) is 5.01 Å². The van der Waals surface area contributed by atoms with Gasteiger partial charge in [0.25, 0.3) is 0 Å².